The van der Waals surface area contributed by atoms with Crippen LogP contribution in [0.1, 0.15) is 25.8 Å². The molecular weight excluding hydrogens is 467 g/mol. The molecule has 5 nitrogen and oxygen atoms in total. The highest BCUT2D eigenvalue weighted by atomic mass is 127. The van der Waals surface area contributed by atoms with Gasteiger partial charge >= 0.3 is 6.61 Å². The monoisotopic (exact) mass is 497 g/mol. The summed E-state index contributed by atoms with van der Waals surface area (Å²) in [5, 5.41) is 3.37. The third kappa shape index (κ3) is 7.31. The highest BCUT2D eigenvalue weighted by molar-refractivity contribution is 14.0. The van der Waals surface area contributed by atoms with E-state index in [1.54, 1.807) is 19.2 Å². The number of benzene rings is 1. The molecule has 0 aromatic heterocycles. The fourth-order valence-electron chi connectivity index (χ4n) is 3.55. The number of hydrogen-bond acceptors (Lipinski definition) is 3. The molecule has 1 heterocycles. The molecule has 27 heavy (non-hydrogen) atoms. The van der Waals surface area contributed by atoms with Crippen molar-refractivity contribution in [1.29, 1.82) is 0 Å². The number of hydrogen-bond donors (Lipinski definition) is 1. The van der Waals surface area contributed by atoms with E-state index in [2.05, 4.69) is 33.8 Å². The number of nitrogens with zero attached hydrogens (tertiary/aromatic N) is 2. The second kappa shape index (κ2) is 11.5. The maximum Gasteiger partial charge on any atom is 0.387 e. The normalized spacial score (nSPS) is 20.3. The first kappa shape index (κ1) is 23.7. The molecule has 2 rings (SSSR count). The van der Waals surface area contributed by atoms with Gasteiger partial charge in [-0.15, -0.1) is 24.0 Å². The van der Waals surface area contributed by atoms with Crippen molar-refractivity contribution in [2.45, 2.75) is 33.3 Å². The predicted octanol–water partition coefficient (Wildman–Crippen LogP) is 4.01. The first-order chi connectivity index (χ1) is 12.4. The van der Waals surface area contributed by atoms with E-state index in [4.69, 9.17) is 4.74 Å². The van der Waals surface area contributed by atoms with Crippen LogP contribution in [0.25, 0.3) is 0 Å². The predicted molar refractivity (Wildman–Crippen MR) is 115 cm³/mol. The molecular formula is C19H30F2IN3O2. The summed E-state index contributed by atoms with van der Waals surface area (Å²) in [6, 6.07) is 5.10. The fourth-order valence-corrected chi connectivity index (χ4v) is 3.55. The van der Waals surface area contributed by atoms with E-state index < -0.39 is 6.61 Å². The number of rotatable bonds is 6. The van der Waals surface area contributed by atoms with Crippen molar-refractivity contribution in [1.82, 2.24) is 10.2 Å². The van der Waals surface area contributed by atoms with Gasteiger partial charge in [0.15, 0.2) is 17.5 Å². The van der Waals surface area contributed by atoms with Gasteiger partial charge in [-0.3, -0.25) is 4.99 Å². The van der Waals surface area contributed by atoms with Gasteiger partial charge in [0.25, 0.3) is 0 Å². The zero-order valence-corrected chi connectivity index (χ0v) is 18.7. The van der Waals surface area contributed by atoms with Gasteiger partial charge in [0, 0.05) is 26.7 Å². The van der Waals surface area contributed by atoms with Crippen LogP contribution in [-0.4, -0.2) is 51.3 Å². The average Bonchev–Trinajstić information content (AvgIpc) is 2.57. The molecule has 1 fully saturated rings. The molecule has 1 N–H and O–H groups in total. The molecule has 0 amide bonds. The second-order valence-electron chi connectivity index (χ2n) is 6.94. The summed E-state index contributed by atoms with van der Waals surface area (Å²) in [5.74, 6) is 2.54. The summed E-state index contributed by atoms with van der Waals surface area (Å²) >= 11 is 0. The summed E-state index contributed by atoms with van der Waals surface area (Å²) in [6.07, 6.45) is 1.91. The van der Waals surface area contributed by atoms with Gasteiger partial charge in [-0.25, -0.2) is 0 Å². The number of nitrogens with one attached hydrogen (secondary N) is 1. The van der Waals surface area contributed by atoms with Crippen molar-refractivity contribution < 1.29 is 18.3 Å². The molecule has 0 saturated carbocycles. The second-order valence-corrected chi connectivity index (χ2v) is 6.94. The molecule has 1 aliphatic rings. The maximum atomic E-state index is 12.5. The third-order valence-electron chi connectivity index (χ3n) is 4.52. The Hall–Kier alpha value is -1.32. The molecule has 8 heteroatoms. The van der Waals surface area contributed by atoms with E-state index in [-0.39, 0.29) is 29.7 Å². The van der Waals surface area contributed by atoms with Gasteiger partial charge in [-0.2, -0.15) is 8.78 Å². The number of likely N-dealkylation sites (tertiary alicyclic amines) is 1. The van der Waals surface area contributed by atoms with Crippen molar-refractivity contribution in [2.75, 3.05) is 33.8 Å². The van der Waals surface area contributed by atoms with Crippen LogP contribution in [0.15, 0.2) is 23.2 Å². The van der Waals surface area contributed by atoms with Crippen LogP contribution in [0.4, 0.5) is 8.78 Å². The van der Waals surface area contributed by atoms with Crippen LogP contribution in [-0.2, 0) is 6.42 Å². The standard InChI is InChI=1S/C19H29F2N3O2.HI/c1-13-9-14(2)12-24(11-13)19(22-3)23-8-7-15-5-6-16(25-4)17(10-15)26-18(20)21;/h5-6,10,13-14,18H,7-9,11-12H2,1-4H3,(H,22,23);1H. The van der Waals surface area contributed by atoms with E-state index in [9.17, 15) is 8.78 Å². The third-order valence-corrected chi connectivity index (χ3v) is 4.52. The molecule has 0 spiro atoms. The minimum absolute atomic E-state index is 0. The Morgan fingerprint density at radius 3 is 2.48 bits per heavy atom. The lowest BCUT2D eigenvalue weighted by atomic mass is 9.92. The molecule has 154 valence electrons. The maximum absolute atomic E-state index is 12.5. The van der Waals surface area contributed by atoms with E-state index in [1.165, 1.54) is 13.5 Å². The number of ether oxygens (including phenoxy) is 2. The Kier molecular flexibility index (Phi) is 10.1. The highest BCUT2D eigenvalue weighted by Crippen LogP contribution is 2.29. The molecule has 0 bridgehead atoms. The lowest BCUT2D eigenvalue weighted by Gasteiger charge is -2.37. The van der Waals surface area contributed by atoms with Crippen molar-refractivity contribution in [3.05, 3.63) is 23.8 Å². The molecule has 1 saturated heterocycles. The molecule has 1 aromatic rings. The van der Waals surface area contributed by atoms with Crippen molar-refractivity contribution in [3.8, 4) is 11.5 Å². The Bertz CT molecular complexity index is 607. The van der Waals surface area contributed by atoms with E-state index in [0.29, 0.717) is 30.6 Å². The lowest BCUT2D eigenvalue weighted by Crippen LogP contribution is -2.48. The number of halogens is 3. The van der Waals surface area contributed by atoms with Gasteiger partial charge in [-0.05, 0) is 42.4 Å². The Morgan fingerprint density at radius 1 is 1.26 bits per heavy atom. The summed E-state index contributed by atoms with van der Waals surface area (Å²) in [7, 11) is 3.22. The number of guanidine groups is 1. The molecule has 2 unspecified atom stereocenters. The summed E-state index contributed by atoms with van der Waals surface area (Å²) in [4.78, 5) is 6.67. The van der Waals surface area contributed by atoms with Gasteiger partial charge in [0.05, 0.1) is 7.11 Å². The van der Waals surface area contributed by atoms with Gasteiger partial charge < -0.3 is 19.7 Å². The molecule has 0 radical (unpaired) electrons. The summed E-state index contributed by atoms with van der Waals surface area (Å²) in [5.41, 5.74) is 0.893. The topological polar surface area (TPSA) is 46.1 Å². The number of methoxy groups -OCH3 is 1. The molecule has 0 aliphatic carbocycles. The van der Waals surface area contributed by atoms with Crippen LogP contribution in [0.5, 0.6) is 11.5 Å². The largest absolute Gasteiger partial charge is 0.493 e. The smallest absolute Gasteiger partial charge is 0.387 e. The minimum Gasteiger partial charge on any atom is -0.493 e. The van der Waals surface area contributed by atoms with Crippen molar-refractivity contribution >= 4 is 29.9 Å². The molecule has 1 aliphatic heterocycles. The summed E-state index contributed by atoms with van der Waals surface area (Å²) < 4.78 is 34.7. The SMILES string of the molecule is CN=C(NCCc1ccc(OC)c(OC(F)F)c1)N1CC(C)CC(C)C1.I. The van der Waals surface area contributed by atoms with Crippen LogP contribution >= 0.6 is 24.0 Å². The van der Waals surface area contributed by atoms with Gasteiger partial charge in [0.1, 0.15) is 0 Å². The fraction of sp³-hybridized carbons (Fsp3) is 0.632. The first-order valence-corrected chi connectivity index (χ1v) is 9.00. The Balaban J connectivity index is 0.00000364. The molecule has 1 aromatic carbocycles. The van der Waals surface area contributed by atoms with Crippen LogP contribution in [0.3, 0.4) is 0 Å². The highest BCUT2D eigenvalue weighted by Gasteiger charge is 2.23. The van der Waals surface area contributed by atoms with Crippen LogP contribution < -0.4 is 14.8 Å². The Labute approximate surface area is 177 Å². The van der Waals surface area contributed by atoms with Gasteiger partial charge in [0.2, 0.25) is 0 Å². The van der Waals surface area contributed by atoms with Crippen LogP contribution in [0.2, 0.25) is 0 Å². The quantitative estimate of drug-likeness (QED) is 0.367. The van der Waals surface area contributed by atoms with E-state index in [1.807, 2.05) is 6.07 Å². The zero-order chi connectivity index (χ0) is 19.1. The minimum atomic E-state index is -2.88. The number of piperidine rings is 1. The average molecular weight is 497 g/mol. The zero-order valence-electron chi connectivity index (χ0n) is 16.4. The summed E-state index contributed by atoms with van der Waals surface area (Å²) in [6.45, 7) is 4.30. The van der Waals surface area contributed by atoms with Crippen molar-refractivity contribution in [2.24, 2.45) is 16.8 Å². The first-order valence-electron chi connectivity index (χ1n) is 9.00. The number of aliphatic imine (C=N–C) groups is 1. The van der Waals surface area contributed by atoms with Crippen molar-refractivity contribution in [3.63, 3.8) is 0 Å². The number of alkyl halides is 2. The van der Waals surface area contributed by atoms with E-state index >= 15 is 0 Å². The van der Waals surface area contributed by atoms with E-state index in [0.717, 1.165) is 24.6 Å². The Morgan fingerprint density at radius 2 is 1.93 bits per heavy atom. The van der Waals surface area contributed by atoms with Crippen LogP contribution in [0, 0.1) is 11.8 Å². The van der Waals surface area contributed by atoms with Gasteiger partial charge in [-0.1, -0.05) is 19.9 Å². The molecule has 2 atom stereocenters. The lowest BCUT2D eigenvalue weighted by molar-refractivity contribution is -0.0512.